The first-order valence-corrected chi connectivity index (χ1v) is 17.4. The summed E-state index contributed by atoms with van der Waals surface area (Å²) in [5.74, 6) is 0.976. The van der Waals surface area contributed by atoms with Crippen LogP contribution in [0.4, 0.5) is 5.69 Å². The fraction of sp³-hybridized carbons (Fsp3) is 0.727. The van der Waals surface area contributed by atoms with Crippen LogP contribution in [0.25, 0.3) is 0 Å². The third-order valence-electron chi connectivity index (χ3n) is 5.12. The third kappa shape index (κ3) is 4.35. The van der Waals surface area contributed by atoms with Crippen LogP contribution in [0.2, 0.25) is 39.3 Å². The summed E-state index contributed by atoms with van der Waals surface area (Å²) in [5, 5.41) is 3.75. The highest BCUT2D eigenvalue weighted by Crippen LogP contribution is 2.60. The molecule has 0 aliphatic heterocycles. The van der Waals surface area contributed by atoms with Gasteiger partial charge in [0.2, 0.25) is 0 Å². The van der Waals surface area contributed by atoms with Gasteiger partial charge >= 0.3 is 0 Å². The molecule has 2 atom stereocenters. The molecule has 1 N–H and O–H groups in total. The van der Waals surface area contributed by atoms with Gasteiger partial charge < -0.3 is 18.9 Å². The van der Waals surface area contributed by atoms with Crippen LogP contribution < -0.4 is 10.1 Å². The SMILES string of the molecule is COc1c(NC(C)(C)C)c2c(c3c1[C@H](O[Si](C)(C)C)[C@@H]3O[Si](C)(C)C)CCC2. The van der Waals surface area contributed by atoms with Gasteiger partial charge in [-0.2, -0.15) is 0 Å². The van der Waals surface area contributed by atoms with Crippen LogP contribution in [-0.4, -0.2) is 29.3 Å². The Morgan fingerprint density at radius 3 is 1.79 bits per heavy atom. The van der Waals surface area contributed by atoms with Crippen molar-refractivity contribution in [1.29, 1.82) is 0 Å². The second-order valence-electron chi connectivity index (χ2n) is 11.2. The molecule has 0 amide bonds. The smallest absolute Gasteiger partial charge is 0.184 e. The Kier molecular flexibility index (Phi) is 5.58. The number of ether oxygens (including phenoxy) is 1. The lowest BCUT2D eigenvalue weighted by Gasteiger charge is -2.47. The summed E-state index contributed by atoms with van der Waals surface area (Å²) in [7, 11) is -1.66. The maximum absolute atomic E-state index is 6.68. The summed E-state index contributed by atoms with van der Waals surface area (Å²) >= 11 is 0. The summed E-state index contributed by atoms with van der Waals surface area (Å²) < 4.78 is 19.4. The van der Waals surface area contributed by atoms with Gasteiger partial charge in [-0.1, -0.05) is 0 Å². The molecule has 4 nitrogen and oxygen atoms in total. The van der Waals surface area contributed by atoms with Crippen molar-refractivity contribution in [1.82, 2.24) is 0 Å². The van der Waals surface area contributed by atoms with Crippen molar-refractivity contribution in [3.8, 4) is 5.75 Å². The average molecular weight is 422 g/mol. The number of hydrogen-bond acceptors (Lipinski definition) is 4. The van der Waals surface area contributed by atoms with Gasteiger partial charge in [0, 0.05) is 11.1 Å². The zero-order chi connectivity index (χ0) is 21.1. The van der Waals surface area contributed by atoms with Crippen LogP contribution in [0, 0.1) is 0 Å². The first kappa shape index (κ1) is 21.9. The van der Waals surface area contributed by atoms with E-state index in [2.05, 4.69) is 65.4 Å². The number of benzene rings is 1. The van der Waals surface area contributed by atoms with Crippen LogP contribution in [-0.2, 0) is 21.7 Å². The Balaban J connectivity index is 2.18. The molecule has 0 fully saturated rings. The molecule has 0 heterocycles. The van der Waals surface area contributed by atoms with Gasteiger partial charge in [0.15, 0.2) is 16.6 Å². The molecule has 0 aromatic heterocycles. The summed E-state index contributed by atoms with van der Waals surface area (Å²) in [5.41, 5.74) is 6.68. The molecule has 0 saturated heterocycles. The molecule has 0 saturated carbocycles. The number of fused-ring (bicyclic) bond motifs is 3. The van der Waals surface area contributed by atoms with Crippen LogP contribution in [0.15, 0.2) is 0 Å². The van der Waals surface area contributed by atoms with E-state index in [9.17, 15) is 0 Å². The normalized spacial score (nSPS) is 21.8. The van der Waals surface area contributed by atoms with Crippen molar-refractivity contribution in [2.24, 2.45) is 0 Å². The third-order valence-corrected chi connectivity index (χ3v) is 7.04. The fourth-order valence-corrected chi connectivity index (χ4v) is 6.42. The zero-order valence-electron chi connectivity index (χ0n) is 19.5. The van der Waals surface area contributed by atoms with Crippen LogP contribution in [0.1, 0.15) is 61.7 Å². The standard InChI is InChI=1S/C22H39NO3Si2/c1-22(2,3)23-18-15-13-11-12-14(15)16-17(19(18)24-4)21(26-28(8,9)10)20(16)25-27(5,6)7/h20-21,23H,11-13H2,1-10H3/t20-,21+/m1/s1. The van der Waals surface area contributed by atoms with Crippen LogP contribution in [0.5, 0.6) is 5.75 Å². The second kappa shape index (κ2) is 7.15. The Hall–Kier alpha value is -0.826. The summed E-state index contributed by atoms with van der Waals surface area (Å²) in [6.45, 7) is 20.2. The van der Waals surface area contributed by atoms with E-state index in [4.69, 9.17) is 13.6 Å². The summed E-state index contributed by atoms with van der Waals surface area (Å²) in [6.07, 6.45) is 3.47. The van der Waals surface area contributed by atoms with E-state index in [0.29, 0.717) is 0 Å². The van der Waals surface area contributed by atoms with Gasteiger partial charge in [-0.3, -0.25) is 0 Å². The maximum Gasteiger partial charge on any atom is 0.184 e. The maximum atomic E-state index is 6.68. The van der Waals surface area contributed by atoms with E-state index in [0.717, 1.165) is 18.6 Å². The second-order valence-corrected chi connectivity index (χ2v) is 20.1. The van der Waals surface area contributed by atoms with E-state index >= 15 is 0 Å². The van der Waals surface area contributed by atoms with Crippen molar-refractivity contribution in [3.05, 3.63) is 22.3 Å². The largest absolute Gasteiger partial charge is 0.494 e. The van der Waals surface area contributed by atoms with Crippen molar-refractivity contribution in [3.63, 3.8) is 0 Å². The van der Waals surface area contributed by atoms with E-state index in [1.54, 1.807) is 7.11 Å². The number of nitrogens with one attached hydrogen (secondary N) is 1. The molecule has 2 aliphatic carbocycles. The predicted octanol–water partition coefficient (Wildman–Crippen LogP) is 6.19. The topological polar surface area (TPSA) is 39.7 Å². The molecular formula is C22H39NO3Si2. The average Bonchev–Trinajstić information content (AvgIpc) is 2.96. The molecular weight excluding hydrogens is 382 g/mol. The predicted molar refractivity (Wildman–Crippen MR) is 123 cm³/mol. The van der Waals surface area contributed by atoms with E-state index in [1.165, 1.54) is 34.4 Å². The van der Waals surface area contributed by atoms with E-state index in [-0.39, 0.29) is 17.7 Å². The fourth-order valence-electron chi connectivity index (χ4n) is 4.41. The monoisotopic (exact) mass is 421 g/mol. The molecule has 0 spiro atoms. The number of anilines is 1. The zero-order valence-corrected chi connectivity index (χ0v) is 21.5. The molecule has 2 aliphatic rings. The van der Waals surface area contributed by atoms with Gasteiger partial charge in [-0.15, -0.1) is 0 Å². The first-order chi connectivity index (χ1) is 12.7. The van der Waals surface area contributed by atoms with Crippen molar-refractivity contribution < 1.29 is 13.6 Å². The van der Waals surface area contributed by atoms with Gasteiger partial charge in [-0.05, 0) is 96.0 Å². The van der Waals surface area contributed by atoms with Crippen LogP contribution >= 0.6 is 0 Å². The first-order valence-electron chi connectivity index (χ1n) is 10.6. The Morgan fingerprint density at radius 1 is 0.821 bits per heavy atom. The molecule has 158 valence electrons. The molecule has 1 aromatic carbocycles. The minimum Gasteiger partial charge on any atom is -0.494 e. The quantitative estimate of drug-likeness (QED) is 0.556. The van der Waals surface area contributed by atoms with Crippen molar-refractivity contribution >= 4 is 22.3 Å². The summed E-state index contributed by atoms with van der Waals surface area (Å²) in [4.78, 5) is 0. The van der Waals surface area contributed by atoms with Gasteiger partial charge in [0.1, 0.15) is 18.0 Å². The molecule has 28 heavy (non-hydrogen) atoms. The molecule has 0 radical (unpaired) electrons. The molecule has 0 unspecified atom stereocenters. The Bertz CT molecular complexity index is 757. The van der Waals surface area contributed by atoms with Crippen molar-refractivity contribution in [2.75, 3.05) is 12.4 Å². The highest BCUT2D eigenvalue weighted by atomic mass is 28.4. The van der Waals surface area contributed by atoms with E-state index in [1.807, 2.05) is 0 Å². The van der Waals surface area contributed by atoms with Gasteiger partial charge in [-0.25, -0.2) is 0 Å². The molecule has 1 aromatic rings. The van der Waals surface area contributed by atoms with Crippen molar-refractivity contribution in [2.45, 2.75) is 97.1 Å². The minimum atomic E-state index is -1.74. The number of rotatable bonds is 6. The number of hydrogen-bond donors (Lipinski definition) is 1. The molecule has 6 heteroatoms. The van der Waals surface area contributed by atoms with Gasteiger partial charge in [0.25, 0.3) is 0 Å². The highest BCUT2D eigenvalue weighted by molar-refractivity contribution is 6.70. The van der Waals surface area contributed by atoms with Gasteiger partial charge in [0.05, 0.1) is 12.8 Å². The Labute approximate surface area is 173 Å². The molecule has 3 rings (SSSR count). The molecule has 0 bridgehead atoms. The van der Waals surface area contributed by atoms with Crippen LogP contribution in [0.3, 0.4) is 0 Å². The highest BCUT2D eigenvalue weighted by Gasteiger charge is 2.49. The lowest BCUT2D eigenvalue weighted by atomic mass is 9.76. The number of methoxy groups -OCH3 is 1. The summed E-state index contributed by atoms with van der Waals surface area (Å²) in [6, 6.07) is 0. The minimum absolute atomic E-state index is 0.0187. The lowest BCUT2D eigenvalue weighted by molar-refractivity contribution is 0.00891. The lowest BCUT2D eigenvalue weighted by Crippen LogP contribution is -2.42. The Morgan fingerprint density at radius 2 is 1.32 bits per heavy atom. The van der Waals surface area contributed by atoms with E-state index < -0.39 is 16.6 Å².